The molecule has 0 fully saturated rings. The summed E-state index contributed by atoms with van der Waals surface area (Å²) in [6.07, 6.45) is 2.91. The molecule has 1 amide bonds. The van der Waals surface area contributed by atoms with Crippen LogP contribution in [0.1, 0.15) is 19.4 Å². The molecule has 4 nitrogen and oxygen atoms in total. The number of carbonyl (C=O) groups excluding carboxylic acids is 1. The first-order chi connectivity index (χ1) is 11.5. The van der Waals surface area contributed by atoms with Crippen molar-refractivity contribution in [2.24, 2.45) is 5.10 Å². The quantitative estimate of drug-likeness (QED) is 0.628. The second-order valence-electron chi connectivity index (χ2n) is 5.25. The lowest BCUT2D eigenvalue weighted by molar-refractivity contribution is -0.127. The van der Waals surface area contributed by atoms with Gasteiger partial charge in [0.25, 0.3) is 5.91 Å². The van der Waals surface area contributed by atoms with E-state index in [1.807, 2.05) is 43.3 Å². The summed E-state index contributed by atoms with van der Waals surface area (Å²) in [7, 11) is 0. The van der Waals surface area contributed by atoms with Crippen molar-refractivity contribution in [1.82, 2.24) is 5.43 Å². The number of ether oxygens (including phenoxy) is 1. The minimum atomic E-state index is -0.665. The molecule has 2 aromatic rings. The van der Waals surface area contributed by atoms with E-state index in [9.17, 15) is 4.79 Å². The monoisotopic (exact) mass is 342 g/mol. The van der Waals surface area contributed by atoms with Crippen molar-refractivity contribution in [2.75, 3.05) is 0 Å². The first-order valence-electron chi connectivity index (χ1n) is 7.53. The van der Waals surface area contributed by atoms with Gasteiger partial charge >= 0.3 is 0 Å². The SMILES string of the molecule is CC(=C/c1ccccc1)/C=N/NC(=O)C(C)Oc1ccc(Cl)cc1. The molecule has 0 radical (unpaired) electrons. The average Bonchev–Trinajstić information content (AvgIpc) is 2.57. The standard InChI is InChI=1S/C19H19ClN2O2/c1-14(12-16-6-4-3-5-7-16)13-21-22-19(23)15(2)24-18-10-8-17(20)9-11-18/h3-13,15H,1-2H3,(H,22,23)/b14-12-,21-13+. The van der Waals surface area contributed by atoms with Crippen molar-refractivity contribution in [3.63, 3.8) is 0 Å². The van der Waals surface area contributed by atoms with E-state index in [4.69, 9.17) is 16.3 Å². The Labute approximate surface area is 146 Å². The summed E-state index contributed by atoms with van der Waals surface area (Å²) in [6.45, 7) is 3.57. The third kappa shape index (κ3) is 5.89. The fourth-order valence-corrected chi connectivity index (χ4v) is 2.03. The molecule has 0 aromatic heterocycles. The van der Waals surface area contributed by atoms with Gasteiger partial charge in [0.15, 0.2) is 6.10 Å². The zero-order valence-electron chi connectivity index (χ0n) is 13.6. The number of benzene rings is 2. The molecular weight excluding hydrogens is 324 g/mol. The maximum absolute atomic E-state index is 12.0. The minimum absolute atomic E-state index is 0.325. The molecule has 0 aliphatic rings. The Morgan fingerprint density at radius 1 is 1.17 bits per heavy atom. The Bertz CT molecular complexity index is 725. The third-order valence-electron chi connectivity index (χ3n) is 3.13. The lowest BCUT2D eigenvalue weighted by Crippen LogP contribution is -2.33. The molecule has 2 aromatic carbocycles. The van der Waals surface area contributed by atoms with Gasteiger partial charge in [0.2, 0.25) is 0 Å². The number of amides is 1. The van der Waals surface area contributed by atoms with E-state index in [0.29, 0.717) is 10.8 Å². The highest BCUT2D eigenvalue weighted by molar-refractivity contribution is 6.30. The van der Waals surface area contributed by atoms with Crippen LogP contribution in [-0.2, 0) is 4.79 Å². The second kappa shape index (κ2) is 8.89. The summed E-state index contributed by atoms with van der Waals surface area (Å²) in [4.78, 5) is 12.0. The number of rotatable bonds is 6. The molecule has 0 aliphatic carbocycles. The van der Waals surface area contributed by atoms with Crippen molar-refractivity contribution in [1.29, 1.82) is 0 Å². The number of allylic oxidation sites excluding steroid dienone is 1. The van der Waals surface area contributed by atoms with Crippen LogP contribution in [0.5, 0.6) is 5.75 Å². The molecule has 0 saturated heterocycles. The number of nitrogens with zero attached hydrogens (tertiary/aromatic N) is 1. The molecule has 2 rings (SSSR count). The van der Waals surface area contributed by atoms with Gasteiger partial charge in [0.1, 0.15) is 5.75 Å². The van der Waals surface area contributed by atoms with Gasteiger partial charge in [-0.25, -0.2) is 5.43 Å². The maximum atomic E-state index is 12.0. The van der Waals surface area contributed by atoms with Crippen molar-refractivity contribution < 1.29 is 9.53 Å². The van der Waals surface area contributed by atoms with E-state index in [-0.39, 0.29) is 5.91 Å². The van der Waals surface area contributed by atoms with Gasteiger partial charge in [-0.05, 0) is 49.2 Å². The van der Waals surface area contributed by atoms with Crippen LogP contribution in [0, 0.1) is 0 Å². The van der Waals surface area contributed by atoms with E-state index in [2.05, 4.69) is 10.5 Å². The fraction of sp³-hybridized carbons (Fsp3) is 0.158. The number of hydrazone groups is 1. The zero-order chi connectivity index (χ0) is 17.4. The van der Waals surface area contributed by atoms with Gasteiger partial charge in [-0.3, -0.25) is 4.79 Å². The van der Waals surface area contributed by atoms with Crippen LogP contribution in [0.3, 0.4) is 0 Å². The van der Waals surface area contributed by atoms with Crippen LogP contribution < -0.4 is 10.2 Å². The summed E-state index contributed by atoms with van der Waals surface area (Å²) in [6, 6.07) is 16.7. The summed E-state index contributed by atoms with van der Waals surface area (Å²) in [5.74, 6) is 0.250. The largest absolute Gasteiger partial charge is 0.481 e. The van der Waals surface area contributed by atoms with E-state index in [0.717, 1.165) is 11.1 Å². The molecule has 0 aliphatic heterocycles. The van der Waals surface area contributed by atoms with Gasteiger partial charge in [-0.1, -0.05) is 48.0 Å². The highest BCUT2D eigenvalue weighted by atomic mass is 35.5. The predicted molar refractivity (Wildman–Crippen MR) is 98.3 cm³/mol. The third-order valence-corrected chi connectivity index (χ3v) is 3.38. The zero-order valence-corrected chi connectivity index (χ0v) is 14.3. The Balaban J connectivity index is 1.85. The lowest BCUT2D eigenvalue weighted by atomic mass is 10.1. The summed E-state index contributed by atoms with van der Waals surface area (Å²) < 4.78 is 5.53. The van der Waals surface area contributed by atoms with Gasteiger partial charge in [0, 0.05) is 5.02 Å². The highest BCUT2D eigenvalue weighted by Gasteiger charge is 2.13. The second-order valence-corrected chi connectivity index (χ2v) is 5.68. The summed E-state index contributed by atoms with van der Waals surface area (Å²) in [5, 5.41) is 4.57. The molecule has 1 unspecified atom stereocenters. The topological polar surface area (TPSA) is 50.7 Å². The maximum Gasteiger partial charge on any atom is 0.280 e. The molecule has 0 saturated carbocycles. The molecule has 0 bridgehead atoms. The normalized spacial score (nSPS) is 12.9. The minimum Gasteiger partial charge on any atom is -0.481 e. The van der Waals surface area contributed by atoms with E-state index in [1.165, 1.54) is 0 Å². The van der Waals surface area contributed by atoms with Gasteiger partial charge in [0.05, 0.1) is 6.21 Å². The van der Waals surface area contributed by atoms with Crippen molar-refractivity contribution in [3.8, 4) is 5.75 Å². The van der Waals surface area contributed by atoms with Gasteiger partial charge < -0.3 is 4.74 Å². The molecule has 0 spiro atoms. The molecule has 124 valence electrons. The smallest absolute Gasteiger partial charge is 0.280 e. The van der Waals surface area contributed by atoms with E-state index in [1.54, 1.807) is 37.4 Å². The number of hydrogen-bond donors (Lipinski definition) is 1. The molecular formula is C19H19ClN2O2. The van der Waals surface area contributed by atoms with Gasteiger partial charge in [-0.15, -0.1) is 0 Å². The molecule has 1 N–H and O–H groups in total. The van der Waals surface area contributed by atoms with Gasteiger partial charge in [-0.2, -0.15) is 5.10 Å². The lowest BCUT2D eigenvalue weighted by Gasteiger charge is -2.12. The van der Waals surface area contributed by atoms with E-state index < -0.39 is 6.10 Å². The Morgan fingerprint density at radius 3 is 2.50 bits per heavy atom. The number of nitrogens with one attached hydrogen (secondary N) is 1. The van der Waals surface area contributed by atoms with Crippen molar-refractivity contribution in [2.45, 2.75) is 20.0 Å². The van der Waals surface area contributed by atoms with Crippen LogP contribution in [0.25, 0.3) is 6.08 Å². The first-order valence-corrected chi connectivity index (χ1v) is 7.91. The number of carbonyl (C=O) groups is 1. The Morgan fingerprint density at radius 2 is 1.83 bits per heavy atom. The first kappa shape index (κ1) is 17.8. The predicted octanol–water partition coefficient (Wildman–Crippen LogP) is 4.31. The summed E-state index contributed by atoms with van der Waals surface area (Å²) in [5.41, 5.74) is 4.47. The molecule has 24 heavy (non-hydrogen) atoms. The molecule has 0 heterocycles. The van der Waals surface area contributed by atoms with Crippen LogP contribution >= 0.6 is 11.6 Å². The van der Waals surface area contributed by atoms with Crippen molar-refractivity contribution in [3.05, 3.63) is 70.8 Å². The molecule has 5 heteroatoms. The Hall–Kier alpha value is -2.59. The number of hydrogen-bond acceptors (Lipinski definition) is 3. The molecule has 1 atom stereocenters. The highest BCUT2D eigenvalue weighted by Crippen LogP contribution is 2.16. The van der Waals surface area contributed by atoms with E-state index >= 15 is 0 Å². The van der Waals surface area contributed by atoms with Crippen molar-refractivity contribution >= 4 is 29.8 Å². The van der Waals surface area contributed by atoms with Crippen LogP contribution in [0.4, 0.5) is 0 Å². The summed E-state index contributed by atoms with van der Waals surface area (Å²) >= 11 is 5.81. The fourth-order valence-electron chi connectivity index (χ4n) is 1.91. The van der Waals surface area contributed by atoms with Crippen LogP contribution in [0.15, 0.2) is 65.3 Å². The Kier molecular flexibility index (Phi) is 6.58. The average molecular weight is 343 g/mol. The van der Waals surface area contributed by atoms with Crippen LogP contribution in [0.2, 0.25) is 5.02 Å². The number of halogens is 1. The van der Waals surface area contributed by atoms with Crippen LogP contribution in [-0.4, -0.2) is 18.2 Å².